The fourth-order valence-corrected chi connectivity index (χ4v) is 3.14. The average molecular weight is 362 g/mol. The first-order valence-electron chi connectivity index (χ1n) is 6.90. The minimum atomic E-state index is -0.832. The van der Waals surface area contributed by atoms with Crippen LogP contribution in [-0.2, 0) is 13.1 Å². The lowest BCUT2D eigenvalue weighted by Crippen LogP contribution is -2.44. The molecule has 1 aromatic rings. The zero-order chi connectivity index (χ0) is 16.2. The molecular formula is C13H20BrN3O4. The maximum atomic E-state index is 12.3. The van der Waals surface area contributed by atoms with Crippen LogP contribution in [0.1, 0.15) is 33.6 Å². The van der Waals surface area contributed by atoms with Gasteiger partial charge < -0.3 is 0 Å². The van der Waals surface area contributed by atoms with E-state index in [0.717, 1.165) is 23.6 Å². The summed E-state index contributed by atoms with van der Waals surface area (Å²) in [7, 11) is 0. The Morgan fingerprint density at radius 1 is 1.29 bits per heavy atom. The van der Waals surface area contributed by atoms with Crippen molar-refractivity contribution < 1.29 is 4.92 Å². The number of rotatable bonds is 7. The molecule has 21 heavy (non-hydrogen) atoms. The third kappa shape index (κ3) is 3.42. The van der Waals surface area contributed by atoms with Gasteiger partial charge in [-0.3, -0.25) is 24.0 Å². The van der Waals surface area contributed by atoms with Gasteiger partial charge in [0.15, 0.2) is 0 Å². The van der Waals surface area contributed by atoms with Crippen molar-refractivity contribution in [2.45, 2.75) is 46.7 Å². The molecule has 7 nitrogen and oxygen atoms in total. The van der Waals surface area contributed by atoms with E-state index in [1.807, 2.05) is 13.8 Å². The number of alkyl halides is 1. The van der Waals surface area contributed by atoms with E-state index in [0.29, 0.717) is 5.33 Å². The second-order valence-electron chi connectivity index (χ2n) is 5.07. The van der Waals surface area contributed by atoms with Crippen molar-refractivity contribution in [3.8, 4) is 0 Å². The normalized spacial score (nSPS) is 11.6. The summed E-state index contributed by atoms with van der Waals surface area (Å²) < 4.78 is 2.19. The molecule has 1 aromatic heterocycles. The van der Waals surface area contributed by atoms with Gasteiger partial charge in [-0.15, -0.1) is 0 Å². The molecule has 0 radical (unpaired) electrons. The van der Waals surface area contributed by atoms with Crippen LogP contribution in [-0.4, -0.2) is 19.4 Å². The van der Waals surface area contributed by atoms with Gasteiger partial charge in [0.1, 0.15) is 0 Å². The van der Waals surface area contributed by atoms with Gasteiger partial charge in [0.25, 0.3) is 0 Å². The number of nitro groups is 1. The molecule has 1 heterocycles. The van der Waals surface area contributed by atoms with Crippen molar-refractivity contribution in [3.05, 3.63) is 37.1 Å². The van der Waals surface area contributed by atoms with E-state index >= 15 is 0 Å². The maximum Gasteiger partial charge on any atom is 0.350 e. The van der Waals surface area contributed by atoms with Gasteiger partial charge in [-0.05, 0) is 25.2 Å². The quantitative estimate of drug-likeness (QED) is 0.422. The third-order valence-corrected chi connectivity index (χ3v) is 5.22. The molecular weight excluding hydrogens is 342 g/mol. The fourth-order valence-electron chi connectivity index (χ4n) is 2.17. The highest BCUT2D eigenvalue weighted by molar-refractivity contribution is 9.09. The Balaban J connectivity index is 3.55. The van der Waals surface area contributed by atoms with Crippen LogP contribution >= 0.6 is 15.9 Å². The first-order valence-corrected chi connectivity index (χ1v) is 8.02. The standard InChI is InChI=1S/C13H20BrN3O4/c1-4-13(5-2,8-14)9-16-11(18)10(17(20)21)7-15(6-3)12(16)19/h7H,4-6,8-9H2,1-3H3. The Labute approximate surface area is 130 Å². The highest BCUT2D eigenvalue weighted by atomic mass is 79.9. The number of aromatic nitrogens is 2. The average Bonchev–Trinajstić information content (AvgIpc) is 2.48. The lowest BCUT2D eigenvalue weighted by molar-refractivity contribution is -0.387. The van der Waals surface area contributed by atoms with E-state index in [9.17, 15) is 19.7 Å². The molecule has 0 aliphatic rings. The second kappa shape index (κ2) is 7.02. The lowest BCUT2D eigenvalue weighted by Gasteiger charge is -2.29. The van der Waals surface area contributed by atoms with Crippen molar-refractivity contribution in [1.82, 2.24) is 9.13 Å². The number of hydrogen-bond donors (Lipinski definition) is 0. The third-order valence-electron chi connectivity index (χ3n) is 4.03. The lowest BCUT2D eigenvalue weighted by atomic mass is 9.84. The predicted molar refractivity (Wildman–Crippen MR) is 84.1 cm³/mol. The van der Waals surface area contributed by atoms with Crippen LogP contribution in [0.15, 0.2) is 15.8 Å². The topological polar surface area (TPSA) is 87.1 Å². The van der Waals surface area contributed by atoms with Crippen LogP contribution in [0.5, 0.6) is 0 Å². The van der Waals surface area contributed by atoms with Crippen LogP contribution < -0.4 is 11.2 Å². The predicted octanol–water partition coefficient (Wildman–Crippen LogP) is 2.14. The van der Waals surface area contributed by atoms with Crippen LogP contribution in [0.25, 0.3) is 0 Å². The number of hydrogen-bond acceptors (Lipinski definition) is 4. The van der Waals surface area contributed by atoms with E-state index in [1.54, 1.807) is 6.92 Å². The second-order valence-corrected chi connectivity index (χ2v) is 5.63. The van der Waals surface area contributed by atoms with Crippen LogP contribution in [0.2, 0.25) is 0 Å². The number of halogens is 1. The smallest absolute Gasteiger partial charge is 0.294 e. The molecule has 1 rings (SSSR count). The summed E-state index contributed by atoms with van der Waals surface area (Å²) in [6.07, 6.45) is 2.54. The SMILES string of the molecule is CCn1cc([N+](=O)[O-])c(=O)n(CC(CC)(CC)CBr)c1=O. The van der Waals surface area contributed by atoms with Gasteiger partial charge in [-0.2, -0.15) is 0 Å². The Bertz CT molecular complexity index is 623. The maximum absolute atomic E-state index is 12.3. The van der Waals surface area contributed by atoms with Crippen molar-refractivity contribution in [2.75, 3.05) is 5.33 Å². The molecule has 0 N–H and O–H groups in total. The molecule has 0 bridgehead atoms. The molecule has 0 atom stereocenters. The first-order chi connectivity index (χ1) is 9.85. The Morgan fingerprint density at radius 2 is 1.86 bits per heavy atom. The highest BCUT2D eigenvalue weighted by Crippen LogP contribution is 2.30. The Hall–Kier alpha value is -1.44. The van der Waals surface area contributed by atoms with Gasteiger partial charge in [0.05, 0.1) is 11.1 Å². The molecule has 0 unspecified atom stereocenters. The van der Waals surface area contributed by atoms with Crippen molar-refractivity contribution in [3.63, 3.8) is 0 Å². The van der Waals surface area contributed by atoms with Crippen LogP contribution in [0.3, 0.4) is 0 Å². The summed E-state index contributed by atoms with van der Waals surface area (Å²) in [5.41, 5.74) is -2.17. The van der Waals surface area contributed by atoms with Gasteiger partial charge in [-0.1, -0.05) is 29.8 Å². The van der Waals surface area contributed by atoms with E-state index < -0.39 is 21.9 Å². The van der Waals surface area contributed by atoms with E-state index in [-0.39, 0.29) is 18.5 Å². The van der Waals surface area contributed by atoms with Crippen molar-refractivity contribution >= 4 is 21.6 Å². The molecule has 118 valence electrons. The molecule has 0 saturated carbocycles. The summed E-state index contributed by atoms with van der Waals surface area (Å²) >= 11 is 3.42. The van der Waals surface area contributed by atoms with Crippen LogP contribution in [0.4, 0.5) is 5.69 Å². The van der Waals surface area contributed by atoms with E-state index in [2.05, 4.69) is 15.9 Å². The van der Waals surface area contributed by atoms with Gasteiger partial charge in [-0.25, -0.2) is 4.79 Å². The molecule has 0 fully saturated rings. The summed E-state index contributed by atoms with van der Waals surface area (Å²) in [6.45, 7) is 6.11. The minimum absolute atomic E-state index is 0.171. The van der Waals surface area contributed by atoms with Gasteiger partial charge >= 0.3 is 16.9 Å². The zero-order valence-corrected chi connectivity index (χ0v) is 14.1. The number of nitrogens with zero attached hydrogens (tertiary/aromatic N) is 3. The summed E-state index contributed by atoms with van der Waals surface area (Å²) in [5.74, 6) is 0. The fraction of sp³-hybridized carbons (Fsp3) is 0.692. The van der Waals surface area contributed by atoms with Crippen molar-refractivity contribution in [1.29, 1.82) is 0 Å². The Kier molecular flexibility index (Phi) is 5.88. The minimum Gasteiger partial charge on any atom is -0.294 e. The molecule has 0 saturated heterocycles. The number of aryl methyl sites for hydroxylation is 1. The molecule has 8 heteroatoms. The highest BCUT2D eigenvalue weighted by Gasteiger charge is 2.29. The molecule has 0 spiro atoms. The molecule has 0 amide bonds. The van der Waals surface area contributed by atoms with E-state index in [4.69, 9.17) is 0 Å². The van der Waals surface area contributed by atoms with Gasteiger partial charge in [0.2, 0.25) is 0 Å². The van der Waals surface area contributed by atoms with Crippen molar-refractivity contribution in [2.24, 2.45) is 5.41 Å². The molecule has 0 aliphatic heterocycles. The molecule has 0 aromatic carbocycles. The van der Waals surface area contributed by atoms with E-state index in [1.165, 1.54) is 4.57 Å². The zero-order valence-electron chi connectivity index (χ0n) is 12.5. The monoisotopic (exact) mass is 361 g/mol. The first kappa shape index (κ1) is 17.6. The summed E-state index contributed by atoms with van der Waals surface area (Å²) in [5, 5.41) is 11.6. The largest absolute Gasteiger partial charge is 0.350 e. The summed E-state index contributed by atoms with van der Waals surface area (Å²) in [4.78, 5) is 34.8. The summed E-state index contributed by atoms with van der Waals surface area (Å²) in [6, 6.07) is 0. The van der Waals surface area contributed by atoms with Crippen LogP contribution in [0, 0.1) is 15.5 Å². The Morgan fingerprint density at radius 3 is 2.24 bits per heavy atom. The molecule has 0 aliphatic carbocycles. The van der Waals surface area contributed by atoms with Gasteiger partial charge in [0, 0.05) is 18.4 Å².